The molecule has 2 heterocycles. The fraction of sp³-hybridized carbons (Fsp3) is 0.688. The highest BCUT2D eigenvalue weighted by molar-refractivity contribution is 7.99. The lowest BCUT2D eigenvalue weighted by molar-refractivity contribution is -0.143. The Labute approximate surface area is 141 Å². The molecule has 1 aromatic heterocycles. The molecule has 0 unspecified atom stereocenters. The first-order chi connectivity index (χ1) is 11.0. The molecule has 2 aliphatic rings. The molecular weight excluding hydrogens is 312 g/mol. The van der Waals surface area contributed by atoms with Crippen LogP contribution in [0.5, 0.6) is 0 Å². The molecule has 2 atom stereocenters. The lowest BCUT2D eigenvalue weighted by Crippen LogP contribution is -2.49. The Bertz CT molecular complexity index is 615. The van der Waals surface area contributed by atoms with E-state index >= 15 is 0 Å². The van der Waals surface area contributed by atoms with Crippen LogP contribution in [0.25, 0.3) is 0 Å². The molecule has 2 amide bonds. The van der Waals surface area contributed by atoms with Crippen LogP contribution in [-0.4, -0.2) is 62.7 Å². The SMILES string of the molecule is CCN(C)C(=O)[C@H]1CSCN1C(=O)[C@@H]1CCCc2nn(C)cc21. The molecule has 3 rings (SSSR count). The first-order valence-corrected chi connectivity index (χ1v) is 9.34. The van der Waals surface area contributed by atoms with Crippen molar-refractivity contribution < 1.29 is 9.59 Å². The van der Waals surface area contributed by atoms with E-state index in [1.165, 1.54) is 0 Å². The molecule has 1 saturated heterocycles. The lowest BCUT2D eigenvalue weighted by atomic mass is 9.86. The maximum absolute atomic E-state index is 13.1. The number of amides is 2. The number of rotatable bonds is 3. The molecule has 0 N–H and O–H groups in total. The van der Waals surface area contributed by atoms with Gasteiger partial charge in [0.2, 0.25) is 11.8 Å². The minimum Gasteiger partial charge on any atom is -0.344 e. The number of aromatic nitrogens is 2. The number of thioether (sulfide) groups is 1. The largest absolute Gasteiger partial charge is 0.344 e. The van der Waals surface area contributed by atoms with Gasteiger partial charge in [0.25, 0.3) is 0 Å². The van der Waals surface area contributed by atoms with Gasteiger partial charge >= 0.3 is 0 Å². The van der Waals surface area contributed by atoms with Gasteiger partial charge in [0.15, 0.2) is 0 Å². The number of hydrogen-bond donors (Lipinski definition) is 0. The third-order valence-corrected chi connectivity index (χ3v) is 5.83. The topological polar surface area (TPSA) is 58.4 Å². The van der Waals surface area contributed by atoms with Crippen molar-refractivity contribution in [1.29, 1.82) is 0 Å². The van der Waals surface area contributed by atoms with Crippen molar-refractivity contribution in [2.45, 2.75) is 38.1 Å². The molecule has 0 aromatic carbocycles. The summed E-state index contributed by atoms with van der Waals surface area (Å²) in [6.45, 7) is 2.62. The maximum atomic E-state index is 13.1. The first kappa shape index (κ1) is 16.4. The summed E-state index contributed by atoms with van der Waals surface area (Å²) < 4.78 is 1.79. The number of aryl methyl sites for hydroxylation is 2. The summed E-state index contributed by atoms with van der Waals surface area (Å²) in [6.07, 6.45) is 4.74. The Morgan fingerprint density at radius 1 is 1.48 bits per heavy atom. The fourth-order valence-corrected chi connectivity index (χ4v) is 4.55. The van der Waals surface area contributed by atoms with Gasteiger partial charge in [0.05, 0.1) is 17.5 Å². The quantitative estimate of drug-likeness (QED) is 0.833. The molecule has 1 aliphatic heterocycles. The second-order valence-electron chi connectivity index (χ2n) is 6.33. The monoisotopic (exact) mass is 336 g/mol. The Kier molecular flexibility index (Phi) is 4.66. The third-order valence-electron chi connectivity index (χ3n) is 4.82. The number of nitrogens with zero attached hydrogens (tertiary/aromatic N) is 4. The Hall–Kier alpha value is -1.50. The lowest BCUT2D eigenvalue weighted by Gasteiger charge is -2.31. The van der Waals surface area contributed by atoms with E-state index in [-0.39, 0.29) is 23.8 Å². The summed E-state index contributed by atoms with van der Waals surface area (Å²) in [5, 5.41) is 4.47. The van der Waals surface area contributed by atoms with E-state index < -0.39 is 0 Å². The van der Waals surface area contributed by atoms with Gasteiger partial charge in [-0.2, -0.15) is 5.10 Å². The number of carbonyl (C=O) groups excluding carboxylic acids is 2. The second-order valence-corrected chi connectivity index (χ2v) is 7.33. The third kappa shape index (κ3) is 2.98. The molecule has 0 saturated carbocycles. The van der Waals surface area contributed by atoms with E-state index in [0.717, 1.165) is 30.5 Å². The standard InChI is InChI=1S/C16H24N4O2S/c1-4-18(2)16(22)14-9-23-10-20(14)15(21)11-6-5-7-13-12(11)8-19(3)17-13/h8,11,14H,4-7,9-10H2,1-3H3/t11-,14-/m1/s1. The smallest absolute Gasteiger partial charge is 0.245 e. The van der Waals surface area contributed by atoms with E-state index in [1.54, 1.807) is 33.3 Å². The summed E-state index contributed by atoms with van der Waals surface area (Å²) in [4.78, 5) is 29.1. The average molecular weight is 336 g/mol. The summed E-state index contributed by atoms with van der Waals surface area (Å²) in [6, 6.07) is -0.320. The van der Waals surface area contributed by atoms with Crippen molar-refractivity contribution in [2.24, 2.45) is 7.05 Å². The fourth-order valence-electron chi connectivity index (χ4n) is 3.40. The van der Waals surface area contributed by atoms with Gasteiger partial charge in [-0.25, -0.2) is 0 Å². The number of carbonyl (C=O) groups is 2. The van der Waals surface area contributed by atoms with Gasteiger partial charge in [-0.15, -0.1) is 11.8 Å². The van der Waals surface area contributed by atoms with Gasteiger partial charge in [-0.1, -0.05) is 0 Å². The van der Waals surface area contributed by atoms with Gasteiger partial charge < -0.3 is 9.80 Å². The van der Waals surface area contributed by atoms with E-state index in [4.69, 9.17) is 0 Å². The van der Waals surface area contributed by atoms with Crippen molar-refractivity contribution in [3.63, 3.8) is 0 Å². The summed E-state index contributed by atoms with van der Waals surface area (Å²) in [5.74, 6) is 1.30. The average Bonchev–Trinajstić information content (AvgIpc) is 3.17. The van der Waals surface area contributed by atoms with Crippen LogP contribution in [0.3, 0.4) is 0 Å². The van der Waals surface area contributed by atoms with Crippen LogP contribution in [0.1, 0.15) is 36.9 Å². The molecule has 1 aliphatic carbocycles. The minimum absolute atomic E-state index is 0.0491. The van der Waals surface area contributed by atoms with Crippen LogP contribution < -0.4 is 0 Å². The zero-order valence-corrected chi connectivity index (χ0v) is 14.8. The Morgan fingerprint density at radius 2 is 2.26 bits per heavy atom. The van der Waals surface area contributed by atoms with Crippen molar-refractivity contribution in [1.82, 2.24) is 19.6 Å². The highest BCUT2D eigenvalue weighted by Gasteiger charge is 2.40. The highest BCUT2D eigenvalue weighted by Crippen LogP contribution is 2.35. The molecule has 6 nitrogen and oxygen atoms in total. The zero-order valence-electron chi connectivity index (χ0n) is 14.0. The van der Waals surface area contributed by atoms with Crippen LogP contribution in [0.4, 0.5) is 0 Å². The van der Waals surface area contributed by atoms with E-state index in [2.05, 4.69) is 5.10 Å². The summed E-state index contributed by atoms with van der Waals surface area (Å²) in [7, 11) is 3.70. The first-order valence-electron chi connectivity index (χ1n) is 8.18. The van der Waals surface area contributed by atoms with E-state index in [0.29, 0.717) is 18.2 Å². The van der Waals surface area contributed by atoms with Crippen molar-refractivity contribution in [2.75, 3.05) is 25.2 Å². The predicted octanol–water partition coefficient (Wildman–Crippen LogP) is 1.22. The van der Waals surface area contributed by atoms with Crippen LogP contribution in [-0.2, 0) is 23.1 Å². The molecular formula is C16H24N4O2S. The molecule has 126 valence electrons. The number of fused-ring (bicyclic) bond motifs is 1. The van der Waals surface area contributed by atoms with Crippen molar-refractivity contribution in [3.8, 4) is 0 Å². The van der Waals surface area contributed by atoms with E-state index in [1.807, 2.05) is 20.2 Å². The minimum atomic E-state index is -0.320. The Morgan fingerprint density at radius 3 is 3.00 bits per heavy atom. The van der Waals surface area contributed by atoms with Crippen molar-refractivity contribution >= 4 is 23.6 Å². The molecule has 0 bridgehead atoms. The number of hydrogen-bond acceptors (Lipinski definition) is 4. The summed E-state index contributed by atoms with van der Waals surface area (Å²) >= 11 is 1.66. The highest BCUT2D eigenvalue weighted by atomic mass is 32.2. The predicted molar refractivity (Wildman–Crippen MR) is 90.2 cm³/mol. The van der Waals surface area contributed by atoms with Gasteiger partial charge in [-0.05, 0) is 26.2 Å². The van der Waals surface area contributed by atoms with Crippen LogP contribution in [0, 0.1) is 0 Å². The van der Waals surface area contributed by atoms with Crippen LogP contribution in [0.2, 0.25) is 0 Å². The van der Waals surface area contributed by atoms with Crippen LogP contribution >= 0.6 is 11.8 Å². The van der Waals surface area contributed by atoms with E-state index in [9.17, 15) is 9.59 Å². The molecule has 1 fully saturated rings. The normalized spacial score (nSPS) is 23.7. The van der Waals surface area contributed by atoms with Crippen molar-refractivity contribution in [3.05, 3.63) is 17.5 Å². The molecule has 0 spiro atoms. The molecule has 1 aromatic rings. The zero-order chi connectivity index (χ0) is 16.6. The van der Waals surface area contributed by atoms with Crippen LogP contribution in [0.15, 0.2) is 6.20 Å². The molecule has 7 heteroatoms. The maximum Gasteiger partial charge on any atom is 0.245 e. The van der Waals surface area contributed by atoms with Gasteiger partial charge in [-0.3, -0.25) is 14.3 Å². The molecule has 23 heavy (non-hydrogen) atoms. The van der Waals surface area contributed by atoms with Gasteiger partial charge in [0, 0.05) is 38.2 Å². The summed E-state index contributed by atoms with van der Waals surface area (Å²) in [5.41, 5.74) is 2.09. The Balaban J connectivity index is 1.81. The molecule has 0 radical (unpaired) electrons. The van der Waals surface area contributed by atoms with Gasteiger partial charge in [0.1, 0.15) is 6.04 Å². The number of likely N-dealkylation sites (N-methyl/N-ethyl adjacent to an activating group) is 1. The second kappa shape index (κ2) is 6.55.